The van der Waals surface area contributed by atoms with Gasteiger partial charge >= 0.3 is 5.97 Å². The Morgan fingerprint density at radius 1 is 1.47 bits per heavy atom. The van der Waals surface area contributed by atoms with Gasteiger partial charge in [0, 0.05) is 26.2 Å². The number of hydrogen-bond acceptors (Lipinski definition) is 5. The van der Waals surface area contributed by atoms with Crippen molar-refractivity contribution in [2.75, 3.05) is 19.8 Å². The van der Waals surface area contributed by atoms with E-state index in [4.69, 9.17) is 20.7 Å². The molecule has 0 aliphatic heterocycles. The van der Waals surface area contributed by atoms with Gasteiger partial charge in [-0.05, 0) is 6.92 Å². The topological polar surface area (TPSA) is 122 Å². The highest BCUT2D eigenvalue weighted by Gasteiger charge is 2.21. The zero-order valence-electron chi connectivity index (χ0n) is 9.89. The van der Waals surface area contributed by atoms with Gasteiger partial charge in [0.05, 0.1) is 12.5 Å². The Hall–Kier alpha value is -1.18. The van der Waals surface area contributed by atoms with E-state index >= 15 is 0 Å². The van der Waals surface area contributed by atoms with Crippen molar-refractivity contribution < 1.29 is 24.5 Å². The maximum absolute atomic E-state index is 11.5. The van der Waals surface area contributed by atoms with E-state index in [2.05, 4.69) is 5.32 Å². The molecule has 100 valence electrons. The Bertz CT molecular complexity index is 247. The number of nitrogens with one attached hydrogen (secondary N) is 1. The maximum Gasteiger partial charge on any atom is 0.326 e. The van der Waals surface area contributed by atoms with Gasteiger partial charge in [-0.15, -0.1) is 0 Å². The molecule has 0 spiro atoms. The molecular weight excluding hydrogens is 228 g/mol. The lowest BCUT2D eigenvalue weighted by atomic mass is 10.2. The normalized spacial score (nSPS) is 14.1. The minimum absolute atomic E-state index is 0.0134. The molecule has 7 heteroatoms. The van der Waals surface area contributed by atoms with Crippen LogP contribution >= 0.6 is 0 Å². The summed E-state index contributed by atoms with van der Waals surface area (Å²) in [6, 6.07) is -1.08. The van der Waals surface area contributed by atoms with Crippen molar-refractivity contribution in [1.29, 1.82) is 0 Å². The third kappa shape index (κ3) is 6.88. The molecule has 0 fully saturated rings. The van der Waals surface area contributed by atoms with Crippen molar-refractivity contribution in [3.8, 4) is 0 Å². The van der Waals surface area contributed by atoms with E-state index in [-0.39, 0.29) is 26.0 Å². The van der Waals surface area contributed by atoms with Crippen molar-refractivity contribution in [2.24, 2.45) is 5.73 Å². The van der Waals surface area contributed by atoms with E-state index in [1.54, 1.807) is 6.92 Å². The molecule has 0 saturated heterocycles. The zero-order chi connectivity index (χ0) is 13.3. The molecule has 7 nitrogen and oxygen atoms in total. The fraction of sp³-hybridized carbons (Fsp3) is 0.800. The number of hydrogen-bond donors (Lipinski definition) is 4. The minimum Gasteiger partial charge on any atom is -0.480 e. The smallest absolute Gasteiger partial charge is 0.326 e. The molecule has 17 heavy (non-hydrogen) atoms. The summed E-state index contributed by atoms with van der Waals surface area (Å²) in [5.74, 6) is -1.62. The number of carboxylic acid groups (broad SMARTS) is 1. The van der Waals surface area contributed by atoms with E-state index in [9.17, 15) is 9.59 Å². The number of aliphatic hydroxyl groups excluding tert-OH is 1. The standard InChI is InChI=1S/C10H20N2O5/c1-2-17-7(6-11)5-9(14)12-8(3-4-13)10(15)16/h7-8,13H,2-6,11H2,1H3,(H,12,14)(H,15,16)/t7?,8-/m1/s1. The summed E-state index contributed by atoms with van der Waals surface area (Å²) in [5, 5.41) is 19.7. The van der Waals surface area contributed by atoms with Crippen LogP contribution in [0.15, 0.2) is 0 Å². The SMILES string of the molecule is CCOC(CN)CC(=O)N[C@H](CCO)C(=O)O. The zero-order valence-corrected chi connectivity index (χ0v) is 9.89. The Morgan fingerprint density at radius 2 is 2.12 bits per heavy atom. The van der Waals surface area contributed by atoms with E-state index in [0.29, 0.717) is 6.61 Å². The molecule has 0 aliphatic carbocycles. The Balaban J connectivity index is 4.16. The van der Waals surface area contributed by atoms with Crippen LogP contribution in [0.1, 0.15) is 19.8 Å². The maximum atomic E-state index is 11.5. The average molecular weight is 248 g/mol. The van der Waals surface area contributed by atoms with Crippen molar-refractivity contribution in [3.63, 3.8) is 0 Å². The number of aliphatic hydroxyl groups is 1. The van der Waals surface area contributed by atoms with Crippen LogP contribution < -0.4 is 11.1 Å². The molecule has 0 rings (SSSR count). The third-order valence-electron chi connectivity index (χ3n) is 2.13. The van der Waals surface area contributed by atoms with Crippen LogP contribution in [0.3, 0.4) is 0 Å². The van der Waals surface area contributed by atoms with Crippen molar-refractivity contribution >= 4 is 11.9 Å². The molecule has 0 heterocycles. The summed E-state index contributed by atoms with van der Waals surface area (Å²) in [6.07, 6.45) is -0.425. The first-order valence-electron chi connectivity index (χ1n) is 5.49. The largest absolute Gasteiger partial charge is 0.480 e. The highest BCUT2D eigenvalue weighted by atomic mass is 16.5. The van der Waals surface area contributed by atoms with Gasteiger partial charge in [0.15, 0.2) is 0 Å². The van der Waals surface area contributed by atoms with Crippen molar-refractivity contribution in [1.82, 2.24) is 5.32 Å². The summed E-state index contributed by atoms with van der Waals surface area (Å²) in [5.41, 5.74) is 5.40. The average Bonchev–Trinajstić information content (AvgIpc) is 2.27. The van der Waals surface area contributed by atoms with Gasteiger partial charge in [-0.2, -0.15) is 0 Å². The number of carboxylic acids is 1. The third-order valence-corrected chi connectivity index (χ3v) is 2.13. The van der Waals surface area contributed by atoms with Gasteiger partial charge in [0.2, 0.25) is 5.91 Å². The quantitative estimate of drug-likeness (QED) is 0.402. The molecule has 0 aromatic heterocycles. The first kappa shape index (κ1) is 15.8. The molecule has 1 unspecified atom stereocenters. The lowest BCUT2D eigenvalue weighted by Gasteiger charge is -2.17. The fourth-order valence-corrected chi connectivity index (χ4v) is 1.29. The highest BCUT2D eigenvalue weighted by molar-refractivity contribution is 5.83. The van der Waals surface area contributed by atoms with Crippen LogP contribution in [0.2, 0.25) is 0 Å². The summed E-state index contributed by atoms with van der Waals surface area (Å²) < 4.78 is 5.18. The van der Waals surface area contributed by atoms with Crippen LogP contribution in [0.4, 0.5) is 0 Å². The van der Waals surface area contributed by atoms with Crippen LogP contribution in [0, 0.1) is 0 Å². The van der Waals surface area contributed by atoms with Crippen molar-refractivity contribution in [3.05, 3.63) is 0 Å². The first-order valence-corrected chi connectivity index (χ1v) is 5.49. The van der Waals surface area contributed by atoms with Crippen LogP contribution in [-0.4, -0.2) is 54.0 Å². The van der Waals surface area contributed by atoms with Crippen LogP contribution in [-0.2, 0) is 14.3 Å². The van der Waals surface area contributed by atoms with Gasteiger partial charge < -0.3 is 26.0 Å². The lowest BCUT2D eigenvalue weighted by Crippen LogP contribution is -2.43. The number of rotatable bonds is 9. The molecule has 0 radical (unpaired) electrons. The Morgan fingerprint density at radius 3 is 2.53 bits per heavy atom. The van der Waals surface area contributed by atoms with E-state index in [1.807, 2.05) is 0 Å². The molecule has 0 aromatic carbocycles. The Labute approximate surface area is 99.9 Å². The van der Waals surface area contributed by atoms with Crippen LogP contribution in [0.5, 0.6) is 0 Å². The van der Waals surface area contributed by atoms with Gasteiger partial charge in [-0.25, -0.2) is 4.79 Å². The molecule has 2 atom stereocenters. The minimum atomic E-state index is -1.17. The van der Waals surface area contributed by atoms with Gasteiger partial charge in [0.1, 0.15) is 6.04 Å². The summed E-state index contributed by atoms with van der Waals surface area (Å²) in [4.78, 5) is 22.2. The molecule has 0 aliphatic rings. The number of carbonyl (C=O) groups excluding carboxylic acids is 1. The van der Waals surface area contributed by atoms with Crippen molar-refractivity contribution in [2.45, 2.75) is 31.9 Å². The van der Waals surface area contributed by atoms with Gasteiger partial charge in [-0.3, -0.25) is 4.79 Å². The number of ether oxygens (including phenoxy) is 1. The van der Waals surface area contributed by atoms with E-state index in [1.165, 1.54) is 0 Å². The van der Waals surface area contributed by atoms with Gasteiger partial charge in [0.25, 0.3) is 0 Å². The predicted molar refractivity (Wildman–Crippen MR) is 60.4 cm³/mol. The molecule has 0 aromatic rings. The Kier molecular flexibility index (Phi) is 8.29. The molecule has 0 bridgehead atoms. The number of nitrogens with two attached hydrogens (primary N) is 1. The first-order chi connectivity index (χ1) is 8.04. The summed E-state index contributed by atoms with van der Waals surface area (Å²) in [6.45, 7) is 2.11. The summed E-state index contributed by atoms with van der Waals surface area (Å²) in [7, 11) is 0. The second-order valence-electron chi connectivity index (χ2n) is 3.49. The highest BCUT2D eigenvalue weighted by Crippen LogP contribution is 1.99. The molecule has 1 amide bonds. The molecule has 0 saturated carbocycles. The lowest BCUT2D eigenvalue weighted by molar-refractivity contribution is -0.142. The number of aliphatic carboxylic acids is 1. The monoisotopic (exact) mass is 248 g/mol. The number of amides is 1. The predicted octanol–water partition coefficient (Wildman–Crippen LogP) is -1.31. The second-order valence-corrected chi connectivity index (χ2v) is 3.49. The van der Waals surface area contributed by atoms with Gasteiger partial charge in [-0.1, -0.05) is 0 Å². The van der Waals surface area contributed by atoms with E-state index in [0.717, 1.165) is 0 Å². The summed E-state index contributed by atoms with van der Waals surface area (Å²) >= 11 is 0. The van der Waals surface area contributed by atoms with Crippen LogP contribution in [0.25, 0.3) is 0 Å². The molecule has 5 N–H and O–H groups in total. The fourth-order valence-electron chi connectivity index (χ4n) is 1.29. The van der Waals surface area contributed by atoms with E-state index < -0.39 is 24.0 Å². The molecular formula is C10H20N2O5. The number of carbonyl (C=O) groups is 2. The second kappa shape index (κ2) is 8.91.